The van der Waals surface area contributed by atoms with Crippen molar-refractivity contribution in [3.8, 4) is 5.75 Å². The molecule has 0 bridgehead atoms. The molecule has 0 spiro atoms. The lowest BCUT2D eigenvalue weighted by molar-refractivity contribution is -0.432. The average molecular weight is 649 g/mol. The van der Waals surface area contributed by atoms with Gasteiger partial charge in [0.2, 0.25) is 16.4 Å². The van der Waals surface area contributed by atoms with Crippen molar-refractivity contribution in [2.45, 2.75) is 21.9 Å². The molecule has 5 rings (SSSR count). The van der Waals surface area contributed by atoms with E-state index in [1.165, 1.54) is 6.07 Å². The maximum absolute atomic E-state index is 12.1. The van der Waals surface area contributed by atoms with Crippen molar-refractivity contribution >= 4 is 90.4 Å². The van der Waals surface area contributed by atoms with Crippen LogP contribution in [0.15, 0.2) is 79.8 Å². The third kappa shape index (κ3) is 6.38. The molecule has 14 nitrogen and oxygen atoms in total. The summed E-state index contributed by atoms with van der Waals surface area (Å²) in [7, 11) is -4.74. The third-order valence-corrected chi connectivity index (χ3v) is 7.81. The fourth-order valence-corrected chi connectivity index (χ4v) is 5.56. The molecule has 1 aromatic heterocycles. The van der Waals surface area contributed by atoms with Gasteiger partial charge in [0.25, 0.3) is 10.1 Å². The molecule has 1 heterocycles. The van der Waals surface area contributed by atoms with E-state index in [1.54, 1.807) is 6.07 Å². The van der Waals surface area contributed by atoms with E-state index in [4.69, 9.17) is 16.9 Å². The first-order chi connectivity index (χ1) is 20.1. The Morgan fingerprint density at radius 3 is 2.57 bits per heavy atom. The quantitative estimate of drug-likeness (QED) is 0.0350. The largest absolute Gasteiger partial charge is 0.505 e. The summed E-state index contributed by atoms with van der Waals surface area (Å²) in [4.78, 5) is 11.1. The molecule has 4 aromatic carbocycles. The van der Waals surface area contributed by atoms with Gasteiger partial charge < -0.3 is 15.0 Å². The Bertz CT molecular complexity index is 1980. The molecule has 0 saturated heterocycles. The molecule has 18 heteroatoms. The molecular formula is C24H17ClN6O8S3. The van der Waals surface area contributed by atoms with Gasteiger partial charge in [0.05, 0.1) is 45.3 Å². The van der Waals surface area contributed by atoms with Gasteiger partial charge in [-0.3, -0.25) is 4.55 Å². The Morgan fingerprint density at radius 1 is 1.02 bits per heavy atom. The van der Waals surface area contributed by atoms with Gasteiger partial charge in [-0.25, -0.2) is 5.26 Å². The first-order valence-electron chi connectivity index (χ1n) is 11.4. The van der Waals surface area contributed by atoms with Crippen molar-refractivity contribution in [3.05, 3.63) is 65.4 Å². The zero-order chi connectivity index (χ0) is 30.0. The van der Waals surface area contributed by atoms with Crippen LogP contribution < -0.4 is 5.32 Å². The summed E-state index contributed by atoms with van der Waals surface area (Å²) in [5, 5.41) is 36.6. The first kappa shape index (κ1) is 29.8. The molecule has 0 amide bonds. The van der Waals surface area contributed by atoms with Gasteiger partial charge in [-0.05, 0) is 70.6 Å². The van der Waals surface area contributed by atoms with Crippen molar-refractivity contribution in [2.24, 2.45) is 10.2 Å². The molecular weight excluding hydrogens is 632 g/mol. The normalized spacial score (nSPS) is 12.0. The van der Waals surface area contributed by atoms with E-state index in [0.717, 1.165) is 28.5 Å². The Morgan fingerprint density at radius 2 is 1.83 bits per heavy atom. The molecule has 0 radical (unpaired) electrons. The van der Waals surface area contributed by atoms with Crippen LogP contribution in [0.5, 0.6) is 5.75 Å². The number of azo groups is 1. The summed E-state index contributed by atoms with van der Waals surface area (Å²) in [6.45, 7) is 1.96. The predicted molar refractivity (Wildman–Crippen MR) is 156 cm³/mol. The van der Waals surface area contributed by atoms with E-state index in [9.17, 15) is 22.6 Å². The molecule has 5 N–H and O–H groups in total. The highest BCUT2D eigenvalue weighted by molar-refractivity contribution is 7.94. The van der Waals surface area contributed by atoms with Gasteiger partial charge in [0.1, 0.15) is 5.69 Å². The lowest BCUT2D eigenvalue weighted by Crippen LogP contribution is -2.04. The van der Waals surface area contributed by atoms with Gasteiger partial charge in [-0.15, -0.1) is 9.45 Å². The summed E-state index contributed by atoms with van der Waals surface area (Å²) in [6.07, 6.45) is 0. The molecule has 0 aliphatic rings. The van der Waals surface area contributed by atoms with Crippen molar-refractivity contribution < 1.29 is 37.3 Å². The Kier molecular flexibility index (Phi) is 8.73. The summed E-state index contributed by atoms with van der Waals surface area (Å²) in [5.41, 5.74) is 1.25. The number of aryl methyl sites for hydroxylation is 1. The van der Waals surface area contributed by atoms with E-state index < -0.39 is 20.8 Å². The average Bonchev–Trinajstić information content (AvgIpc) is 2.95. The zero-order valence-corrected chi connectivity index (χ0v) is 24.2. The van der Waals surface area contributed by atoms with Crippen molar-refractivity contribution in [2.75, 3.05) is 5.32 Å². The van der Waals surface area contributed by atoms with Crippen LogP contribution >= 0.6 is 35.7 Å². The highest BCUT2D eigenvalue weighted by Crippen LogP contribution is 2.47. The Labute approximate surface area is 250 Å². The number of hydrogen-bond acceptors (Lipinski definition) is 15. The monoisotopic (exact) mass is 648 g/mol. The molecule has 0 saturated carbocycles. The second-order valence-electron chi connectivity index (χ2n) is 8.45. The number of anilines is 2. The highest BCUT2D eigenvalue weighted by atomic mass is 35.5. The summed E-state index contributed by atoms with van der Waals surface area (Å²) in [6, 6.07) is 14.7. The molecule has 0 aliphatic heterocycles. The van der Waals surface area contributed by atoms with Crippen LogP contribution in [-0.4, -0.2) is 42.8 Å². The number of rotatable bonds is 9. The van der Waals surface area contributed by atoms with Gasteiger partial charge in [-0.2, -0.15) is 28.5 Å². The highest BCUT2D eigenvalue weighted by Gasteiger charge is 2.22. The third-order valence-electron chi connectivity index (χ3n) is 5.84. The van der Waals surface area contributed by atoms with Crippen molar-refractivity contribution in [1.82, 2.24) is 15.0 Å². The molecule has 0 unspecified atom stereocenters. The molecule has 0 aliphatic carbocycles. The second-order valence-corrected chi connectivity index (χ2v) is 11.5. The minimum Gasteiger partial charge on any atom is -0.505 e. The smallest absolute Gasteiger partial charge is 0.294 e. The number of aromatic hydroxyl groups is 1. The number of phenolic OH excluding ortho intramolecular Hbond substituents is 1. The SMILES string of the molecule is Cc1cccc2ccc(N=Nc3c(SOOO)cc4cc(S(=O)(=O)O)cc(Nc5nc(Cl)nc(SO)n5)c4c3O)cc12. The number of nitrogens with one attached hydrogen (secondary N) is 1. The van der Waals surface area contributed by atoms with Crippen LogP contribution in [0.25, 0.3) is 21.5 Å². The van der Waals surface area contributed by atoms with Gasteiger partial charge in [0.15, 0.2) is 5.75 Å². The fourth-order valence-electron chi connectivity index (χ4n) is 4.06. The number of hydrogen-bond donors (Lipinski definition) is 5. The number of aromatic nitrogens is 3. The van der Waals surface area contributed by atoms with Gasteiger partial charge in [-0.1, -0.05) is 29.3 Å². The lowest BCUT2D eigenvalue weighted by atomic mass is 10.1. The summed E-state index contributed by atoms with van der Waals surface area (Å²) >= 11 is 6.54. The molecule has 0 atom stereocenters. The number of fused-ring (bicyclic) bond motifs is 2. The minimum atomic E-state index is -4.74. The minimum absolute atomic E-state index is 0.00899. The van der Waals surface area contributed by atoms with Crippen molar-refractivity contribution in [3.63, 3.8) is 0 Å². The van der Waals surface area contributed by atoms with Crippen LogP contribution in [0.1, 0.15) is 5.56 Å². The topological polar surface area (TPSA) is 209 Å². The lowest BCUT2D eigenvalue weighted by Gasteiger charge is -2.15. The van der Waals surface area contributed by atoms with E-state index in [0.29, 0.717) is 17.7 Å². The van der Waals surface area contributed by atoms with Crippen LogP contribution in [0.2, 0.25) is 5.28 Å². The molecule has 42 heavy (non-hydrogen) atoms. The maximum atomic E-state index is 12.1. The van der Waals surface area contributed by atoms with Crippen LogP contribution in [0.4, 0.5) is 23.0 Å². The van der Waals surface area contributed by atoms with Gasteiger partial charge >= 0.3 is 0 Å². The molecule has 5 aromatic rings. The molecule has 216 valence electrons. The van der Waals surface area contributed by atoms with E-state index in [-0.39, 0.29) is 55.5 Å². The second kappa shape index (κ2) is 12.3. The van der Waals surface area contributed by atoms with Gasteiger partial charge in [0, 0.05) is 5.39 Å². The number of phenols is 1. The first-order valence-corrected chi connectivity index (χ1v) is 14.8. The van der Waals surface area contributed by atoms with Crippen LogP contribution in [0, 0.1) is 6.92 Å². The molecule has 0 fully saturated rings. The summed E-state index contributed by atoms with van der Waals surface area (Å²) in [5.74, 6) is -0.719. The number of nitrogens with zero attached hydrogens (tertiary/aromatic N) is 5. The Balaban J connectivity index is 1.71. The van der Waals surface area contributed by atoms with E-state index in [2.05, 4.69) is 39.9 Å². The standard InChI is InChI=1S/C24H17ClN6O8S3/c1-11-3-2-4-12-5-6-14(9-16(11)12)30-31-20-18(41-39-38-33)8-13-7-15(42(35,36)37)10-17(19(13)21(20)32)26-23-27-22(25)28-24(29-23)40-34/h2-10,32-34H,1H3,(H,35,36,37)(H,26,27,28,29). The zero-order valence-electron chi connectivity index (χ0n) is 21.0. The van der Waals surface area contributed by atoms with Crippen molar-refractivity contribution in [1.29, 1.82) is 0 Å². The van der Waals surface area contributed by atoms with Crippen LogP contribution in [-0.2, 0) is 19.5 Å². The maximum Gasteiger partial charge on any atom is 0.294 e. The fraction of sp³-hybridized carbons (Fsp3) is 0.0417. The number of halogens is 1. The van der Waals surface area contributed by atoms with Crippen LogP contribution in [0.3, 0.4) is 0 Å². The summed E-state index contributed by atoms with van der Waals surface area (Å²) < 4.78 is 47.8. The van der Waals surface area contributed by atoms with E-state index >= 15 is 0 Å². The predicted octanol–water partition coefficient (Wildman–Crippen LogP) is 7.24. The Hall–Kier alpha value is -3.65. The van der Waals surface area contributed by atoms with E-state index in [1.807, 2.05) is 37.3 Å². The number of benzene rings is 4.